The van der Waals surface area contributed by atoms with Crippen molar-refractivity contribution in [2.75, 3.05) is 26.2 Å². The third-order valence-electron chi connectivity index (χ3n) is 3.58. The molecule has 2 saturated heterocycles. The van der Waals surface area contributed by atoms with Crippen molar-refractivity contribution in [3.8, 4) is 0 Å². The molecule has 0 aromatic carbocycles. The molecule has 5 nitrogen and oxygen atoms in total. The summed E-state index contributed by atoms with van der Waals surface area (Å²) in [5.74, 6) is 0.487. The molecule has 0 aromatic rings. The molecule has 0 spiro atoms. The quantitative estimate of drug-likeness (QED) is 0.668. The number of carbonyl (C=O) groups excluding carboxylic acids is 2. The van der Waals surface area contributed by atoms with Gasteiger partial charge in [0.05, 0.1) is 0 Å². The normalized spacial score (nSPS) is 22.9. The van der Waals surface area contributed by atoms with Crippen LogP contribution >= 0.6 is 0 Å². The summed E-state index contributed by atoms with van der Waals surface area (Å²) in [5.41, 5.74) is 5.25. The summed E-state index contributed by atoms with van der Waals surface area (Å²) in [6.07, 6.45) is 2.10. The van der Waals surface area contributed by atoms with Crippen LogP contribution in [-0.2, 0) is 9.59 Å². The summed E-state index contributed by atoms with van der Waals surface area (Å²) in [5, 5.41) is 3.16. The number of nitrogens with zero attached hydrogens (tertiary/aromatic N) is 1. The number of carbonyl (C=O) groups is 2. The molecule has 0 saturated carbocycles. The summed E-state index contributed by atoms with van der Waals surface area (Å²) in [6.45, 7) is 3.30. The number of likely N-dealkylation sites (tertiary alicyclic amines) is 1. The van der Waals surface area contributed by atoms with Crippen LogP contribution < -0.4 is 11.1 Å². The van der Waals surface area contributed by atoms with Gasteiger partial charge in [-0.25, -0.2) is 0 Å². The summed E-state index contributed by atoms with van der Waals surface area (Å²) >= 11 is 0. The Morgan fingerprint density at radius 3 is 2.31 bits per heavy atom. The van der Waals surface area contributed by atoms with E-state index in [0.29, 0.717) is 25.4 Å². The Bertz CT molecular complexity index is 281. The zero-order chi connectivity index (χ0) is 11.5. The van der Waals surface area contributed by atoms with Gasteiger partial charge in [0.15, 0.2) is 0 Å². The van der Waals surface area contributed by atoms with E-state index in [1.165, 1.54) is 0 Å². The first-order valence-corrected chi connectivity index (χ1v) is 5.94. The molecular weight excluding hydrogens is 206 g/mol. The van der Waals surface area contributed by atoms with Gasteiger partial charge in [-0.15, -0.1) is 0 Å². The van der Waals surface area contributed by atoms with Gasteiger partial charge in [-0.1, -0.05) is 0 Å². The maximum Gasteiger partial charge on any atom is 0.222 e. The fourth-order valence-corrected chi connectivity index (χ4v) is 2.28. The lowest BCUT2D eigenvalue weighted by atomic mass is 9.94. The molecule has 0 bridgehead atoms. The minimum absolute atomic E-state index is 0.0329. The van der Waals surface area contributed by atoms with Crippen LogP contribution in [0.4, 0.5) is 0 Å². The van der Waals surface area contributed by atoms with Crippen molar-refractivity contribution in [2.45, 2.75) is 19.3 Å². The fraction of sp³-hybridized carbons (Fsp3) is 0.818. The molecule has 0 unspecified atom stereocenters. The summed E-state index contributed by atoms with van der Waals surface area (Å²) in [4.78, 5) is 24.7. The van der Waals surface area contributed by atoms with Gasteiger partial charge in [-0.2, -0.15) is 0 Å². The number of primary amides is 1. The predicted molar refractivity (Wildman–Crippen MR) is 59.5 cm³/mol. The number of nitrogens with two attached hydrogens (primary N) is 1. The Kier molecular flexibility index (Phi) is 3.43. The molecule has 2 aliphatic rings. The third kappa shape index (κ3) is 2.52. The van der Waals surface area contributed by atoms with Gasteiger partial charge in [-0.3, -0.25) is 9.59 Å². The fourth-order valence-electron chi connectivity index (χ4n) is 2.28. The first kappa shape index (κ1) is 11.4. The van der Waals surface area contributed by atoms with Crippen LogP contribution in [0.5, 0.6) is 0 Å². The van der Waals surface area contributed by atoms with Gasteiger partial charge in [0.2, 0.25) is 11.8 Å². The van der Waals surface area contributed by atoms with Gasteiger partial charge in [0.25, 0.3) is 0 Å². The number of nitrogens with one attached hydrogen (secondary N) is 1. The van der Waals surface area contributed by atoms with Crippen LogP contribution in [0.1, 0.15) is 19.3 Å². The summed E-state index contributed by atoms with van der Waals surface area (Å²) in [7, 11) is 0. The average Bonchev–Trinajstić information content (AvgIpc) is 2.23. The summed E-state index contributed by atoms with van der Waals surface area (Å²) in [6, 6.07) is 0. The van der Waals surface area contributed by atoms with Crippen molar-refractivity contribution < 1.29 is 9.59 Å². The standard InChI is InChI=1S/C11H19N3O2/c12-11(16)9-1-3-14(4-2-9)10(15)5-8-6-13-7-8/h8-9,13H,1-7H2,(H2,12,16). The molecule has 2 rings (SSSR count). The molecule has 2 aliphatic heterocycles. The SMILES string of the molecule is NC(=O)C1CCN(C(=O)CC2CNC2)CC1. The second-order valence-corrected chi connectivity index (χ2v) is 4.79. The minimum Gasteiger partial charge on any atom is -0.369 e. The lowest BCUT2D eigenvalue weighted by Crippen LogP contribution is -2.47. The molecule has 0 radical (unpaired) electrons. The highest BCUT2D eigenvalue weighted by molar-refractivity contribution is 5.79. The van der Waals surface area contributed by atoms with Crippen molar-refractivity contribution in [3.63, 3.8) is 0 Å². The average molecular weight is 225 g/mol. The Labute approximate surface area is 95.3 Å². The summed E-state index contributed by atoms with van der Waals surface area (Å²) < 4.78 is 0. The predicted octanol–water partition coefficient (Wildman–Crippen LogP) is -0.680. The highest BCUT2D eigenvalue weighted by Gasteiger charge is 2.28. The lowest BCUT2D eigenvalue weighted by molar-refractivity contribution is -0.136. The van der Waals surface area contributed by atoms with Crippen molar-refractivity contribution in [1.29, 1.82) is 0 Å². The van der Waals surface area contributed by atoms with E-state index in [1.807, 2.05) is 4.90 Å². The van der Waals surface area contributed by atoms with E-state index in [0.717, 1.165) is 25.9 Å². The van der Waals surface area contributed by atoms with Crippen LogP contribution in [0.3, 0.4) is 0 Å². The molecule has 2 heterocycles. The lowest BCUT2D eigenvalue weighted by Gasteiger charge is -2.33. The zero-order valence-corrected chi connectivity index (χ0v) is 9.45. The van der Waals surface area contributed by atoms with E-state index < -0.39 is 0 Å². The molecule has 16 heavy (non-hydrogen) atoms. The van der Waals surface area contributed by atoms with E-state index in [4.69, 9.17) is 5.73 Å². The molecule has 90 valence electrons. The first-order chi connectivity index (χ1) is 7.66. The van der Waals surface area contributed by atoms with Crippen molar-refractivity contribution in [1.82, 2.24) is 10.2 Å². The number of rotatable bonds is 3. The Balaban J connectivity index is 1.74. The van der Waals surface area contributed by atoms with Crippen LogP contribution in [0.25, 0.3) is 0 Å². The maximum absolute atomic E-state index is 11.9. The molecule has 0 aromatic heterocycles. The number of piperidine rings is 1. The van der Waals surface area contributed by atoms with Crippen LogP contribution in [-0.4, -0.2) is 42.9 Å². The van der Waals surface area contributed by atoms with Gasteiger partial charge >= 0.3 is 0 Å². The van der Waals surface area contributed by atoms with Gasteiger partial charge < -0.3 is 16.0 Å². The smallest absolute Gasteiger partial charge is 0.222 e. The molecular formula is C11H19N3O2. The zero-order valence-electron chi connectivity index (χ0n) is 9.45. The topological polar surface area (TPSA) is 75.4 Å². The third-order valence-corrected chi connectivity index (χ3v) is 3.58. The Morgan fingerprint density at radius 1 is 1.25 bits per heavy atom. The second kappa shape index (κ2) is 4.82. The van der Waals surface area contributed by atoms with E-state index in [1.54, 1.807) is 0 Å². The monoisotopic (exact) mass is 225 g/mol. The minimum atomic E-state index is -0.227. The van der Waals surface area contributed by atoms with Crippen molar-refractivity contribution in [2.24, 2.45) is 17.6 Å². The van der Waals surface area contributed by atoms with E-state index >= 15 is 0 Å². The Hall–Kier alpha value is -1.10. The van der Waals surface area contributed by atoms with E-state index in [9.17, 15) is 9.59 Å². The highest BCUT2D eigenvalue weighted by atomic mass is 16.2. The molecule has 2 amide bonds. The molecule has 0 aliphatic carbocycles. The van der Waals surface area contributed by atoms with Gasteiger partial charge in [-0.05, 0) is 31.8 Å². The van der Waals surface area contributed by atoms with Crippen LogP contribution in [0.2, 0.25) is 0 Å². The van der Waals surface area contributed by atoms with E-state index in [2.05, 4.69) is 5.32 Å². The Morgan fingerprint density at radius 2 is 1.88 bits per heavy atom. The van der Waals surface area contributed by atoms with Crippen LogP contribution in [0, 0.1) is 11.8 Å². The molecule has 5 heteroatoms. The van der Waals surface area contributed by atoms with Gasteiger partial charge in [0, 0.05) is 25.4 Å². The van der Waals surface area contributed by atoms with Crippen molar-refractivity contribution in [3.05, 3.63) is 0 Å². The van der Waals surface area contributed by atoms with Crippen LogP contribution in [0.15, 0.2) is 0 Å². The van der Waals surface area contributed by atoms with Crippen molar-refractivity contribution >= 4 is 11.8 Å². The maximum atomic E-state index is 11.9. The number of amides is 2. The molecule has 0 atom stereocenters. The number of hydrogen-bond donors (Lipinski definition) is 2. The second-order valence-electron chi connectivity index (χ2n) is 4.79. The molecule has 2 fully saturated rings. The first-order valence-electron chi connectivity index (χ1n) is 5.94. The largest absolute Gasteiger partial charge is 0.369 e. The number of hydrogen-bond acceptors (Lipinski definition) is 3. The van der Waals surface area contributed by atoms with E-state index in [-0.39, 0.29) is 17.7 Å². The molecule has 3 N–H and O–H groups in total. The van der Waals surface area contributed by atoms with Gasteiger partial charge in [0.1, 0.15) is 0 Å². The highest BCUT2D eigenvalue weighted by Crippen LogP contribution is 2.19.